The normalized spacial score (nSPS) is 11.9. The molecule has 0 saturated carbocycles. The number of carbonyl (C=O) groups is 2. The van der Waals surface area contributed by atoms with E-state index in [9.17, 15) is 9.59 Å². The Morgan fingerprint density at radius 2 is 1.80 bits per heavy atom. The Kier molecular flexibility index (Phi) is 7.45. The van der Waals surface area contributed by atoms with Crippen LogP contribution in [-0.4, -0.2) is 35.8 Å². The molecule has 0 aliphatic heterocycles. The van der Waals surface area contributed by atoms with Crippen molar-refractivity contribution >= 4 is 12.0 Å². The molecule has 0 atom stereocenters. The minimum Gasteiger partial charge on any atom is -0.444 e. The standard InChI is InChI=1S/C18H31N3O4/c1-7-8-9-13-10-14(21-25-13)15(22)19-11-18(5,6)12-20-16(23)24-17(2,3)4/h10H,7-9,11-12H2,1-6H3,(H,19,22)(H,20,23). The molecule has 0 aromatic carbocycles. The molecular formula is C18H31N3O4. The highest BCUT2D eigenvalue weighted by Gasteiger charge is 2.23. The molecule has 25 heavy (non-hydrogen) atoms. The SMILES string of the molecule is CCCCc1cc(C(=O)NCC(C)(C)CNC(=O)OC(C)(C)C)no1. The van der Waals surface area contributed by atoms with Gasteiger partial charge in [-0.2, -0.15) is 0 Å². The maximum Gasteiger partial charge on any atom is 0.407 e. The molecule has 0 radical (unpaired) electrons. The smallest absolute Gasteiger partial charge is 0.407 e. The fourth-order valence-corrected chi connectivity index (χ4v) is 1.99. The molecule has 1 rings (SSSR count). The Labute approximate surface area is 149 Å². The van der Waals surface area contributed by atoms with Gasteiger partial charge in [-0.1, -0.05) is 32.3 Å². The molecule has 0 fully saturated rings. The van der Waals surface area contributed by atoms with Gasteiger partial charge in [0.15, 0.2) is 5.69 Å². The molecule has 7 nitrogen and oxygen atoms in total. The van der Waals surface area contributed by atoms with Gasteiger partial charge in [0, 0.05) is 25.6 Å². The zero-order valence-electron chi connectivity index (χ0n) is 16.2. The van der Waals surface area contributed by atoms with Gasteiger partial charge in [-0.05, 0) is 32.6 Å². The van der Waals surface area contributed by atoms with Gasteiger partial charge in [0.2, 0.25) is 0 Å². The molecule has 0 spiro atoms. The highest BCUT2D eigenvalue weighted by molar-refractivity contribution is 5.92. The summed E-state index contributed by atoms with van der Waals surface area (Å²) in [6.45, 7) is 12.2. The first-order chi connectivity index (χ1) is 11.5. The molecule has 0 bridgehead atoms. The third-order valence-electron chi connectivity index (χ3n) is 3.41. The third kappa shape index (κ3) is 8.56. The first-order valence-electron chi connectivity index (χ1n) is 8.73. The Morgan fingerprint density at radius 1 is 1.16 bits per heavy atom. The summed E-state index contributed by atoms with van der Waals surface area (Å²) in [6.07, 6.45) is 2.37. The molecule has 142 valence electrons. The van der Waals surface area contributed by atoms with Crippen LogP contribution in [0.25, 0.3) is 0 Å². The van der Waals surface area contributed by atoms with Crippen LogP contribution < -0.4 is 10.6 Å². The second-order valence-corrected chi connectivity index (χ2v) is 7.98. The van der Waals surface area contributed by atoms with E-state index < -0.39 is 11.7 Å². The molecule has 0 saturated heterocycles. The number of nitrogens with one attached hydrogen (secondary N) is 2. The van der Waals surface area contributed by atoms with E-state index in [1.165, 1.54) is 0 Å². The largest absolute Gasteiger partial charge is 0.444 e. The van der Waals surface area contributed by atoms with Crippen LogP contribution in [0.3, 0.4) is 0 Å². The predicted molar refractivity (Wildman–Crippen MR) is 95.5 cm³/mol. The van der Waals surface area contributed by atoms with Crippen molar-refractivity contribution in [3.8, 4) is 0 Å². The molecule has 2 amide bonds. The summed E-state index contributed by atoms with van der Waals surface area (Å²) in [4.78, 5) is 23.9. The van der Waals surface area contributed by atoms with Crippen LogP contribution in [0.1, 0.15) is 70.6 Å². The highest BCUT2D eigenvalue weighted by Crippen LogP contribution is 2.14. The Morgan fingerprint density at radius 3 is 2.40 bits per heavy atom. The van der Waals surface area contributed by atoms with Crippen LogP contribution in [0.5, 0.6) is 0 Å². The van der Waals surface area contributed by atoms with Gasteiger partial charge < -0.3 is 19.9 Å². The number of ether oxygens (including phenoxy) is 1. The average Bonchev–Trinajstić information content (AvgIpc) is 2.96. The molecule has 7 heteroatoms. The molecule has 2 N–H and O–H groups in total. The third-order valence-corrected chi connectivity index (χ3v) is 3.41. The number of nitrogens with zero attached hydrogens (tertiary/aromatic N) is 1. The second kappa shape index (κ2) is 8.87. The molecule has 0 aliphatic rings. The summed E-state index contributed by atoms with van der Waals surface area (Å²) in [6, 6.07) is 1.68. The molecular weight excluding hydrogens is 322 g/mol. The maximum atomic E-state index is 12.2. The van der Waals surface area contributed by atoms with Crippen LogP contribution in [0.15, 0.2) is 10.6 Å². The summed E-state index contributed by atoms with van der Waals surface area (Å²) >= 11 is 0. The quantitative estimate of drug-likeness (QED) is 0.748. The van der Waals surface area contributed by atoms with Gasteiger partial charge in [0.25, 0.3) is 5.91 Å². The number of aromatic nitrogens is 1. The highest BCUT2D eigenvalue weighted by atomic mass is 16.6. The molecule has 1 aromatic heterocycles. The Hall–Kier alpha value is -2.05. The number of amides is 2. The van der Waals surface area contributed by atoms with Crippen molar-refractivity contribution in [3.63, 3.8) is 0 Å². The lowest BCUT2D eigenvalue weighted by Gasteiger charge is -2.26. The van der Waals surface area contributed by atoms with E-state index in [0.29, 0.717) is 13.1 Å². The molecule has 0 aliphatic carbocycles. The van der Waals surface area contributed by atoms with Crippen LogP contribution in [0.4, 0.5) is 4.79 Å². The van der Waals surface area contributed by atoms with Gasteiger partial charge in [0.1, 0.15) is 11.4 Å². The molecule has 1 heterocycles. The van der Waals surface area contributed by atoms with E-state index in [1.807, 2.05) is 34.6 Å². The van der Waals surface area contributed by atoms with Crippen LogP contribution in [0.2, 0.25) is 0 Å². The van der Waals surface area contributed by atoms with Gasteiger partial charge in [-0.15, -0.1) is 0 Å². The monoisotopic (exact) mass is 353 g/mol. The summed E-state index contributed by atoms with van der Waals surface area (Å²) in [5.41, 5.74) is -0.589. The fourth-order valence-electron chi connectivity index (χ4n) is 1.99. The topological polar surface area (TPSA) is 93.5 Å². The number of hydrogen-bond acceptors (Lipinski definition) is 5. The summed E-state index contributed by atoms with van der Waals surface area (Å²) in [5, 5.41) is 9.36. The van der Waals surface area contributed by atoms with Gasteiger partial charge in [-0.25, -0.2) is 4.79 Å². The maximum absolute atomic E-state index is 12.2. The minimum atomic E-state index is -0.537. The first kappa shape index (κ1) is 21.0. The van der Waals surface area contributed by atoms with E-state index in [2.05, 4.69) is 22.7 Å². The van der Waals surface area contributed by atoms with Crippen LogP contribution in [-0.2, 0) is 11.2 Å². The lowest BCUT2D eigenvalue weighted by molar-refractivity contribution is 0.0506. The Balaban J connectivity index is 2.42. The number of carbonyl (C=O) groups excluding carboxylic acids is 2. The van der Waals surface area contributed by atoms with Crippen LogP contribution >= 0.6 is 0 Å². The van der Waals surface area contributed by atoms with Crippen molar-refractivity contribution in [1.82, 2.24) is 15.8 Å². The van der Waals surface area contributed by atoms with E-state index in [-0.39, 0.29) is 17.0 Å². The van der Waals surface area contributed by atoms with Crippen molar-refractivity contribution < 1.29 is 18.8 Å². The zero-order chi connectivity index (χ0) is 19.1. The summed E-state index contributed by atoms with van der Waals surface area (Å²) < 4.78 is 10.4. The lowest BCUT2D eigenvalue weighted by atomic mass is 9.93. The van der Waals surface area contributed by atoms with Crippen molar-refractivity contribution in [1.29, 1.82) is 0 Å². The van der Waals surface area contributed by atoms with E-state index in [1.54, 1.807) is 6.07 Å². The number of alkyl carbamates (subject to hydrolysis) is 1. The minimum absolute atomic E-state index is 0.280. The second-order valence-electron chi connectivity index (χ2n) is 7.98. The van der Waals surface area contributed by atoms with Crippen molar-refractivity contribution in [2.45, 2.75) is 66.4 Å². The van der Waals surface area contributed by atoms with Crippen molar-refractivity contribution in [2.24, 2.45) is 5.41 Å². The summed E-state index contributed by atoms with van der Waals surface area (Å²) in [7, 11) is 0. The predicted octanol–water partition coefficient (Wildman–Crippen LogP) is 3.30. The fraction of sp³-hybridized carbons (Fsp3) is 0.722. The zero-order valence-corrected chi connectivity index (χ0v) is 16.2. The number of rotatable bonds is 8. The van der Waals surface area contributed by atoms with E-state index >= 15 is 0 Å². The van der Waals surface area contributed by atoms with Crippen molar-refractivity contribution in [3.05, 3.63) is 17.5 Å². The van der Waals surface area contributed by atoms with Crippen molar-refractivity contribution in [2.75, 3.05) is 13.1 Å². The number of aryl methyl sites for hydroxylation is 1. The van der Waals surface area contributed by atoms with Gasteiger partial charge >= 0.3 is 6.09 Å². The number of unbranched alkanes of at least 4 members (excludes halogenated alkanes) is 1. The first-order valence-corrected chi connectivity index (χ1v) is 8.73. The number of hydrogen-bond donors (Lipinski definition) is 2. The van der Waals surface area contributed by atoms with Gasteiger partial charge in [-0.3, -0.25) is 4.79 Å². The average molecular weight is 353 g/mol. The molecule has 1 aromatic rings. The lowest BCUT2D eigenvalue weighted by Crippen LogP contribution is -2.43. The summed E-state index contributed by atoms with van der Waals surface area (Å²) in [5.74, 6) is 0.440. The van der Waals surface area contributed by atoms with Gasteiger partial charge in [0.05, 0.1) is 0 Å². The van der Waals surface area contributed by atoms with E-state index in [4.69, 9.17) is 9.26 Å². The van der Waals surface area contributed by atoms with E-state index in [0.717, 1.165) is 25.0 Å². The van der Waals surface area contributed by atoms with Crippen LogP contribution in [0, 0.1) is 5.41 Å². The Bertz CT molecular complexity index is 573. The molecule has 0 unspecified atom stereocenters.